The Morgan fingerprint density at radius 2 is 1.86 bits per heavy atom. The van der Waals surface area contributed by atoms with Crippen molar-refractivity contribution < 1.29 is 26.7 Å². The molecule has 0 atom stereocenters. The molecule has 2 heterocycles. The number of nitrogens with two attached hydrogens (primary N) is 1. The van der Waals surface area contributed by atoms with E-state index in [1.54, 1.807) is 0 Å². The maximum atomic E-state index is 14.1. The second-order valence-electron chi connectivity index (χ2n) is 5.44. The minimum Gasteiger partial charge on any atom is -0.397 e. The highest BCUT2D eigenvalue weighted by Crippen LogP contribution is 2.39. The summed E-state index contributed by atoms with van der Waals surface area (Å²) in [6, 6.07) is 2.83. The van der Waals surface area contributed by atoms with E-state index in [0.29, 0.717) is 17.6 Å². The summed E-state index contributed by atoms with van der Waals surface area (Å²) in [4.78, 5) is 27.3. The van der Waals surface area contributed by atoms with Gasteiger partial charge in [0, 0.05) is 6.20 Å². The van der Waals surface area contributed by atoms with E-state index >= 15 is 0 Å². The van der Waals surface area contributed by atoms with Crippen molar-refractivity contribution in [3.63, 3.8) is 0 Å². The van der Waals surface area contributed by atoms with E-state index in [9.17, 15) is 31.5 Å². The average Bonchev–Trinajstić information content (AvgIpc) is 2.99. The zero-order chi connectivity index (χ0) is 20.6. The molecule has 3 rings (SSSR count). The lowest BCUT2D eigenvalue weighted by Crippen LogP contribution is -2.21. The Morgan fingerprint density at radius 3 is 2.39 bits per heavy atom. The number of anilines is 2. The molecule has 0 saturated heterocycles. The summed E-state index contributed by atoms with van der Waals surface area (Å²) in [5, 5.41) is 2.13. The number of hydrogen-bond donors (Lipinski definition) is 3. The third-order valence-electron chi connectivity index (χ3n) is 3.60. The number of halogens is 5. The van der Waals surface area contributed by atoms with Crippen molar-refractivity contribution in [3.8, 4) is 11.3 Å². The quantitative estimate of drug-likeness (QED) is 0.568. The van der Waals surface area contributed by atoms with Gasteiger partial charge in [-0.3, -0.25) is 9.59 Å². The number of aromatic amines is 1. The lowest BCUT2D eigenvalue weighted by Gasteiger charge is -2.16. The van der Waals surface area contributed by atoms with Gasteiger partial charge in [0.05, 0.1) is 22.5 Å². The first-order valence-corrected chi connectivity index (χ1v) is 8.21. The highest BCUT2D eigenvalue weighted by Gasteiger charge is 2.37. The molecule has 28 heavy (non-hydrogen) atoms. The van der Waals surface area contributed by atoms with Crippen LogP contribution < -0.4 is 15.8 Å². The molecule has 0 spiro atoms. The molecule has 0 aliphatic heterocycles. The van der Waals surface area contributed by atoms with E-state index in [-0.39, 0.29) is 5.69 Å². The van der Waals surface area contributed by atoms with E-state index in [0.717, 1.165) is 24.4 Å². The van der Waals surface area contributed by atoms with Crippen LogP contribution in [0.15, 0.2) is 35.3 Å². The van der Waals surface area contributed by atoms with Gasteiger partial charge >= 0.3 is 6.18 Å². The van der Waals surface area contributed by atoms with Crippen LogP contribution in [0.25, 0.3) is 11.3 Å². The van der Waals surface area contributed by atoms with Gasteiger partial charge in [-0.25, -0.2) is 13.8 Å². The van der Waals surface area contributed by atoms with E-state index in [4.69, 9.17) is 5.73 Å². The molecule has 0 fully saturated rings. The molecule has 3 aromatic rings. The third kappa shape index (κ3) is 3.58. The largest absolute Gasteiger partial charge is 0.418 e. The normalized spacial score (nSPS) is 11.5. The number of nitrogen functional groups attached to an aromatic ring is 1. The number of hydrogen-bond acceptors (Lipinski definition) is 5. The van der Waals surface area contributed by atoms with Crippen molar-refractivity contribution in [1.82, 2.24) is 9.36 Å². The van der Waals surface area contributed by atoms with Crippen LogP contribution in [0.3, 0.4) is 0 Å². The standard InChI is InChI=1S/C16H9F5N4O2S/c17-7-2-1-3-8(18)11(7)12-6(16(19,20)21)4-9(22)13(25-12)14(26)24-10-5-23-28-15(10)27/h1-5,23H,22H2,(H,24,26). The zero-order valence-electron chi connectivity index (χ0n) is 13.5. The Balaban J connectivity index is 2.20. The average molecular weight is 416 g/mol. The highest BCUT2D eigenvalue weighted by atomic mass is 32.1. The smallest absolute Gasteiger partial charge is 0.397 e. The molecule has 0 radical (unpaired) electrons. The first-order chi connectivity index (χ1) is 13.1. The number of alkyl halides is 3. The van der Waals surface area contributed by atoms with Gasteiger partial charge in [-0.1, -0.05) is 6.07 Å². The molecule has 0 aliphatic carbocycles. The maximum Gasteiger partial charge on any atom is 0.418 e. The first kappa shape index (κ1) is 19.5. The van der Waals surface area contributed by atoms with Crippen molar-refractivity contribution in [1.29, 1.82) is 0 Å². The number of carbonyl (C=O) groups excluding carboxylic acids is 1. The van der Waals surface area contributed by atoms with Crippen LogP contribution in [-0.4, -0.2) is 15.3 Å². The number of amides is 1. The third-order valence-corrected chi connectivity index (χ3v) is 4.24. The van der Waals surface area contributed by atoms with Crippen LogP contribution in [0.1, 0.15) is 16.1 Å². The molecule has 1 amide bonds. The van der Waals surface area contributed by atoms with Gasteiger partial charge in [0.2, 0.25) is 0 Å². The van der Waals surface area contributed by atoms with Crippen molar-refractivity contribution in [2.24, 2.45) is 0 Å². The lowest BCUT2D eigenvalue weighted by molar-refractivity contribution is -0.137. The Bertz CT molecular complexity index is 1100. The van der Waals surface area contributed by atoms with Gasteiger partial charge in [-0.15, -0.1) is 0 Å². The lowest BCUT2D eigenvalue weighted by atomic mass is 10.0. The molecule has 2 aromatic heterocycles. The van der Waals surface area contributed by atoms with Crippen molar-refractivity contribution in [3.05, 3.63) is 62.9 Å². The molecule has 0 unspecified atom stereocenters. The van der Waals surface area contributed by atoms with Gasteiger partial charge in [0.15, 0.2) is 5.69 Å². The second-order valence-corrected chi connectivity index (χ2v) is 6.25. The van der Waals surface area contributed by atoms with Gasteiger partial charge in [0.1, 0.15) is 17.3 Å². The van der Waals surface area contributed by atoms with E-state index in [1.807, 2.05) is 0 Å². The fourth-order valence-corrected chi connectivity index (χ4v) is 2.87. The summed E-state index contributed by atoms with van der Waals surface area (Å²) in [5.41, 5.74) is 0.210. The fourth-order valence-electron chi connectivity index (χ4n) is 2.37. The van der Waals surface area contributed by atoms with Crippen LogP contribution in [0.5, 0.6) is 0 Å². The molecule has 0 saturated carbocycles. The van der Waals surface area contributed by atoms with Gasteiger partial charge in [-0.2, -0.15) is 13.2 Å². The van der Waals surface area contributed by atoms with Crippen molar-refractivity contribution >= 4 is 28.8 Å². The maximum absolute atomic E-state index is 14.1. The van der Waals surface area contributed by atoms with E-state index in [2.05, 4.69) is 14.7 Å². The van der Waals surface area contributed by atoms with Crippen LogP contribution in [-0.2, 0) is 6.18 Å². The topological polar surface area (TPSA) is 101 Å². The summed E-state index contributed by atoms with van der Waals surface area (Å²) in [6.07, 6.45) is -3.90. The number of aromatic nitrogens is 2. The van der Waals surface area contributed by atoms with E-state index < -0.39 is 56.7 Å². The molecule has 0 bridgehead atoms. The molecule has 4 N–H and O–H groups in total. The molecule has 146 valence electrons. The summed E-state index contributed by atoms with van der Waals surface area (Å²) in [5.74, 6) is -3.72. The number of benzene rings is 1. The number of H-pyrrole nitrogens is 1. The van der Waals surface area contributed by atoms with Crippen molar-refractivity contribution in [2.45, 2.75) is 6.18 Å². The predicted octanol–water partition coefficient (Wildman–Crippen LogP) is 3.63. The Hall–Kier alpha value is -3.28. The Kier molecular flexibility index (Phi) is 4.89. The molecule has 1 aromatic carbocycles. The minimum absolute atomic E-state index is 0.185. The summed E-state index contributed by atoms with van der Waals surface area (Å²) in [7, 11) is 0. The number of nitrogens with one attached hydrogen (secondary N) is 2. The van der Waals surface area contributed by atoms with Crippen molar-refractivity contribution in [2.75, 3.05) is 11.1 Å². The number of nitrogens with zero attached hydrogens (tertiary/aromatic N) is 1. The van der Waals surface area contributed by atoms with Gasteiger partial charge in [-0.05, 0) is 29.7 Å². The van der Waals surface area contributed by atoms with Crippen LogP contribution in [0.2, 0.25) is 0 Å². The minimum atomic E-state index is -5.05. The predicted molar refractivity (Wildman–Crippen MR) is 91.9 cm³/mol. The summed E-state index contributed by atoms with van der Waals surface area (Å²) in [6.45, 7) is 0. The zero-order valence-corrected chi connectivity index (χ0v) is 14.3. The van der Waals surface area contributed by atoms with E-state index in [1.165, 1.54) is 0 Å². The van der Waals surface area contributed by atoms with Gasteiger partial charge in [0.25, 0.3) is 10.6 Å². The molecule has 0 aliphatic rings. The highest BCUT2D eigenvalue weighted by molar-refractivity contribution is 7.03. The Morgan fingerprint density at radius 1 is 1.21 bits per heavy atom. The molecular formula is C16H9F5N4O2S. The summed E-state index contributed by atoms with van der Waals surface area (Å²) < 4.78 is 70.2. The number of carbonyl (C=O) groups is 1. The first-order valence-electron chi connectivity index (χ1n) is 7.40. The van der Waals surface area contributed by atoms with Crippen LogP contribution in [0.4, 0.5) is 33.3 Å². The molecule has 6 nitrogen and oxygen atoms in total. The second kappa shape index (κ2) is 7.03. The molecular weight excluding hydrogens is 407 g/mol. The van der Waals surface area contributed by atoms with Gasteiger partial charge < -0.3 is 15.4 Å². The fraction of sp³-hybridized carbons (Fsp3) is 0.0625. The van der Waals surface area contributed by atoms with Crippen LogP contribution >= 0.6 is 11.5 Å². The number of rotatable bonds is 3. The Labute approximate surface area is 157 Å². The molecule has 12 heteroatoms. The van der Waals surface area contributed by atoms with Crippen LogP contribution in [0, 0.1) is 11.6 Å². The monoisotopic (exact) mass is 416 g/mol. The number of pyridine rings is 1. The SMILES string of the molecule is Nc1cc(C(F)(F)F)c(-c2c(F)cccc2F)nc1C(=O)Nc1c[nH]sc1=O. The summed E-state index contributed by atoms with van der Waals surface area (Å²) >= 11 is 0.661.